The largest absolute Gasteiger partial charge is 0.355 e. The van der Waals surface area contributed by atoms with E-state index in [1.807, 2.05) is 31.2 Å². The number of para-hydroxylation sites is 1. The van der Waals surface area contributed by atoms with Crippen LogP contribution in [0.15, 0.2) is 34.2 Å². The molecule has 1 N–H and O–H groups in total. The quantitative estimate of drug-likeness (QED) is 0.483. The summed E-state index contributed by atoms with van der Waals surface area (Å²) in [5, 5.41) is 4.13. The van der Waals surface area contributed by atoms with Crippen molar-refractivity contribution in [2.24, 2.45) is 5.92 Å². The maximum Gasteiger partial charge on any atom is 0.262 e. The van der Waals surface area contributed by atoms with Gasteiger partial charge in [0.25, 0.3) is 5.56 Å². The third-order valence-electron chi connectivity index (χ3n) is 4.52. The molecule has 5 nitrogen and oxygen atoms in total. The standard InChI is InChI=1S/C21H31N3O2S/c1-5-13-22-19(25)14-27-21-23-18-12-7-6-11-17(18)20(26)24(21)16(4)10-8-9-15(2)3/h6-7,11-12,15-16H,5,8-10,13-14H2,1-4H3,(H,22,25)/t16-/m1/s1. The molecule has 1 aromatic heterocycles. The summed E-state index contributed by atoms with van der Waals surface area (Å²) in [7, 11) is 0. The molecule has 27 heavy (non-hydrogen) atoms. The molecule has 2 rings (SSSR count). The van der Waals surface area contributed by atoms with Crippen molar-refractivity contribution >= 4 is 28.6 Å². The minimum atomic E-state index is -0.0248. The number of amides is 1. The molecular formula is C21H31N3O2S. The van der Waals surface area contributed by atoms with Crippen LogP contribution in [0.25, 0.3) is 10.9 Å². The molecular weight excluding hydrogens is 358 g/mol. The van der Waals surface area contributed by atoms with E-state index in [4.69, 9.17) is 4.98 Å². The van der Waals surface area contributed by atoms with Crippen molar-refractivity contribution in [3.05, 3.63) is 34.6 Å². The second-order valence-corrected chi connectivity index (χ2v) is 8.34. The van der Waals surface area contributed by atoms with Gasteiger partial charge in [-0.3, -0.25) is 14.2 Å². The molecule has 1 heterocycles. The number of carbonyl (C=O) groups is 1. The fourth-order valence-corrected chi connectivity index (χ4v) is 3.94. The molecule has 0 saturated heterocycles. The topological polar surface area (TPSA) is 64.0 Å². The monoisotopic (exact) mass is 389 g/mol. The molecule has 0 unspecified atom stereocenters. The Morgan fingerprint density at radius 1 is 1.22 bits per heavy atom. The van der Waals surface area contributed by atoms with Crippen LogP contribution in [0.1, 0.15) is 59.4 Å². The summed E-state index contributed by atoms with van der Waals surface area (Å²) in [6.45, 7) is 9.19. The number of hydrogen-bond donors (Lipinski definition) is 1. The highest BCUT2D eigenvalue weighted by molar-refractivity contribution is 7.99. The number of thioether (sulfide) groups is 1. The van der Waals surface area contributed by atoms with Crippen molar-refractivity contribution in [3.8, 4) is 0 Å². The van der Waals surface area contributed by atoms with Crippen LogP contribution in [-0.4, -0.2) is 27.8 Å². The van der Waals surface area contributed by atoms with Gasteiger partial charge in [0.05, 0.1) is 16.7 Å². The number of carbonyl (C=O) groups excluding carboxylic acids is 1. The van der Waals surface area contributed by atoms with E-state index >= 15 is 0 Å². The summed E-state index contributed by atoms with van der Waals surface area (Å²) in [4.78, 5) is 29.8. The highest BCUT2D eigenvalue weighted by atomic mass is 32.2. The van der Waals surface area contributed by atoms with Gasteiger partial charge in [-0.15, -0.1) is 0 Å². The minimum absolute atomic E-state index is 0.0193. The van der Waals surface area contributed by atoms with E-state index in [0.29, 0.717) is 28.5 Å². The fourth-order valence-electron chi connectivity index (χ4n) is 3.01. The molecule has 0 aliphatic heterocycles. The SMILES string of the molecule is CCCNC(=O)CSc1nc2ccccc2c(=O)n1[C@H](C)CCCC(C)C. The molecule has 0 saturated carbocycles. The van der Waals surface area contributed by atoms with Crippen LogP contribution in [0.4, 0.5) is 0 Å². The average molecular weight is 390 g/mol. The maximum atomic E-state index is 13.1. The Balaban J connectivity index is 2.29. The second-order valence-electron chi connectivity index (χ2n) is 7.40. The molecule has 0 aliphatic rings. The smallest absolute Gasteiger partial charge is 0.262 e. The summed E-state index contributed by atoms with van der Waals surface area (Å²) >= 11 is 1.34. The zero-order valence-electron chi connectivity index (χ0n) is 16.8. The second kappa shape index (κ2) is 10.5. The lowest BCUT2D eigenvalue weighted by atomic mass is 10.0. The zero-order chi connectivity index (χ0) is 19.8. The first-order valence-corrected chi connectivity index (χ1v) is 10.8. The van der Waals surface area contributed by atoms with Crippen LogP contribution in [0.5, 0.6) is 0 Å². The molecule has 1 atom stereocenters. The van der Waals surface area contributed by atoms with Crippen LogP contribution >= 0.6 is 11.8 Å². The molecule has 148 valence electrons. The first-order valence-electron chi connectivity index (χ1n) is 9.84. The third kappa shape index (κ3) is 6.09. The number of nitrogens with one attached hydrogen (secondary N) is 1. The highest BCUT2D eigenvalue weighted by Crippen LogP contribution is 2.24. The van der Waals surface area contributed by atoms with Crippen LogP contribution in [-0.2, 0) is 4.79 Å². The predicted molar refractivity (Wildman–Crippen MR) is 113 cm³/mol. The summed E-state index contributed by atoms with van der Waals surface area (Å²) in [5.74, 6) is 0.895. The summed E-state index contributed by atoms with van der Waals surface area (Å²) in [6.07, 6.45) is 4.04. The first kappa shape index (κ1) is 21.5. The van der Waals surface area contributed by atoms with Gasteiger partial charge in [0, 0.05) is 12.6 Å². The first-order chi connectivity index (χ1) is 12.9. The van der Waals surface area contributed by atoms with Crippen LogP contribution < -0.4 is 10.9 Å². The van der Waals surface area contributed by atoms with E-state index in [0.717, 1.165) is 25.7 Å². The van der Waals surface area contributed by atoms with Crippen molar-refractivity contribution in [3.63, 3.8) is 0 Å². The van der Waals surface area contributed by atoms with Gasteiger partial charge in [0.1, 0.15) is 0 Å². The predicted octanol–water partition coefficient (Wildman–Crippen LogP) is 4.40. The van der Waals surface area contributed by atoms with Gasteiger partial charge in [-0.05, 0) is 37.8 Å². The number of nitrogens with zero attached hydrogens (tertiary/aromatic N) is 2. The molecule has 6 heteroatoms. The number of fused-ring (bicyclic) bond motifs is 1. The third-order valence-corrected chi connectivity index (χ3v) is 5.48. The highest BCUT2D eigenvalue weighted by Gasteiger charge is 2.17. The Labute approximate surface area is 166 Å². The fraction of sp³-hybridized carbons (Fsp3) is 0.571. The summed E-state index contributed by atoms with van der Waals surface area (Å²) < 4.78 is 1.78. The Morgan fingerprint density at radius 3 is 2.67 bits per heavy atom. The van der Waals surface area contributed by atoms with Crippen molar-refractivity contribution in [1.82, 2.24) is 14.9 Å². The maximum absolute atomic E-state index is 13.1. The van der Waals surface area contributed by atoms with Gasteiger partial charge in [-0.1, -0.05) is 57.5 Å². The van der Waals surface area contributed by atoms with Crippen molar-refractivity contribution in [2.75, 3.05) is 12.3 Å². The lowest BCUT2D eigenvalue weighted by Crippen LogP contribution is -2.28. The Bertz CT molecular complexity index is 817. The van der Waals surface area contributed by atoms with E-state index < -0.39 is 0 Å². The molecule has 0 fully saturated rings. The van der Waals surface area contributed by atoms with E-state index in [1.54, 1.807) is 4.57 Å². The van der Waals surface area contributed by atoms with E-state index in [2.05, 4.69) is 26.1 Å². The molecule has 2 aromatic rings. The van der Waals surface area contributed by atoms with Gasteiger partial charge in [-0.2, -0.15) is 0 Å². The van der Waals surface area contributed by atoms with E-state index in [9.17, 15) is 9.59 Å². The number of rotatable bonds is 10. The Morgan fingerprint density at radius 2 is 1.96 bits per heavy atom. The Hall–Kier alpha value is -1.82. The van der Waals surface area contributed by atoms with Crippen molar-refractivity contribution in [1.29, 1.82) is 0 Å². The molecule has 0 radical (unpaired) electrons. The summed E-state index contributed by atoms with van der Waals surface area (Å²) in [5.41, 5.74) is 0.665. The van der Waals surface area contributed by atoms with Gasteiger partial charge in [0.15, 0.2) is 5.16 Å². The molecule has 0 aliphatic carbocycles. The molecule has 1 aromatic carbocycles. The Kier molecular flexibility index (Phi) is 8.35. The summed E-state index contributed by atoms with van der Waals surface area (Å²) in [6, 6.07) is 7.48. The normalized spacial score (nSPS) is 12.5. The van der Waals surface area contributed by atoms with Crippen LogP contribution in [0, 0.1) is 5.92 Å². The van der Waals surface area contributed by atoms with Crippen molar-refractivity contribution < 1.29 is 4.79 Å². The number of aromatic nitrogens is 2. The lowest BCUT2D eigenvalue weighted by molar-refractivity contribution is -0.118. The van der Waals surface area contributed by atoms with Crippen LogP contribution in [0.3, 0.4) is 0 Å². The molecule has 1 amide bonds. The van der Waals surface area contributed by atoms with Gasteiger partial charge in [-0.25, -0.2) is 4.98 Å². The van der Waals surface area contributed by atoms with Gasteiger partial charge in [0.2, 0.25) is 5.91 Å². The van der Waals surface area contributed by atoms with Crippen LogP contribution in [0.2, 0.25) is 0 Å². The van der Waals surface area contributed by atoms with E-state index in [1.165, 1.54) is 11.8 Å². The minimum Gasteiger partial charge on any atom is -0.355 e. The molecule has 0 bridgehead atoms. The molecule has 0 spiro atoms. The average Bonchev–Trinajstić information content (AvgIpc) is 2.64. The van der Waals surface area contributed by atoms with Gasteiger partial charge >= 0.3 is 0 Å². The van der Waals surface area contributed by atoms with Crippen molar-refractivity contribution in [2.45, 2.75) is 64.6 Å². The number of benzene rings is 1. The number of hydrogen-bond acceptors (Lipinski definition) is 4. The zero-order valence-corrected chi connectivity index (χ0v) is 17.6. The van der Waals surface area contributed by atoms with E-state index in [-0.39, 0.29) is 23.3 Å². The lowest BCUT2D eigenvalue weighted by Gasteiger charge is -2.20. The van der Waals surface area contributed by atoms with Gasteiger partial charge < -0.3 is 5.32 Å².